The minimum Gasteiger partial charge on any atom is -0.507 e. The van der Waals surface area contributed by atoms with Crippen molar-refractivity contribution in [1.82, 2.24) is 4.98 Å². The molecule has 2 rings (SSSR count). The van der Waals surface area contributed by atoms with E-state index in [1.807, 2.05) is 0 Å². The van der Waals surface area contributed by atoms with Crippen LogP contribution in [0.15, 0.2) is 18.2 Å². The Labute approximate surface area is 101 Å². The van der Waals surface area contributed by atoms with Crippen LogP contribution in [0.5, 0.6) is 5.75 Å². The van der Waals surface area contributed by atoms with Crippen molar-refractivity contribution < 1.29 is 18.3 Å². The van der Waals surface area contributed by atoms with Gasteiger partial charge in [0.1, 0.15) is 11.4 Å². The van der Waals surface area contributed by atoms with E-state index < -0.39 is 23.1 Å². The summed E-state index contributed by atoms with van der Waals surface area (Å²) in [6.45, 7) is 1.19. The molecule has 0 aliphatic rings. The van der Waals surface area contributed by atoms with E-state index in [1.54, 1.807) is 0 Å². The SMILES string of the molecule is Cc1nc(-c2c(N)cccc2O)c(F)c(F)c1F. The molecule has 0 unspecified atom stereocenters. The summed E-state index contributed by atoms with van der Waals surface area (Å²) in [6, 6.07) is 4.09. The van der Waals surface area contributed by atoms with E-state index in [-0.39, 0.29) is 22.7 Å². The average molecular weight is 254 g/mol. The third-order valence-electron chi connectivity index (χ3n) is 2.50. The van der Waals surface area contributed by atoms with Crippen molar-refractivity contribution in [3.8, 4) is 17.0 Å². The summed E-state index contributed by atoms with van der Waals surface area (Å²) in [5, 5.41) is 9.62. The maximum Gasteiger partial charge on any atom is 0.198 e. The maximum absolute atomic E-state index is 13.6. The summed E-state index contributed by atoms with van der Waals surface area (Å²) >= 11 is 0. The van der Waals surface area contributed by atoms with Gasteiger partial charge in [-0.05, 0) is 19.1 Å². The molecule has 2 aromatic rings. The zero-order valence-electron chi connectivity index (χ0n) is 9.34. The fraction of sp³-hybridized carbons (Fsp3) is 0.0833. The Morgan fingerprint density at radius 3 is 2.39 bits per heavy atom. The third-order valence-corrected chi connectivity index (χ3v) is 2.50. The summed E-state index contributed by atoms with van der Waals surface area (Å²) in [5.74, 6) is -4.83. The number of aromatic hydroxyl groups is 1. The topological polar surface area (TPSA) is 59.1 Å². The molecule has 0 aliphatic carbocycles. The number of nitrogen functional groups attached to an aromatic ring is 1. The first-order chi connectivity index (χ1) is 8.43. The minimum atomic E-state index is -1.64. The molecule has 0 aliphatic heterocycles. The standard InChI is InChI=1S/C12H9F3N2O/c1-5-9(13)10(14)11(15)12(17-5)8-6(16)3-2-4-7(8)18/h2-4,18H,16H2,1H3. The fourth-order valence-corrected chi connectivity index (χ4v) is 1.61. The Morgan fingerprint density at radius 2 is 1.78 bits per heavy atom. The number of aromatic nitrogens is 1. The Hall–Kier alpha value is -2.24. The van der Waals surface area contributed by atoms with Gasteiger partial charge in [0, 0.05) is 5.69 Å². The molecule has 0 fully saturated rings. The van der Waals surface area contributed by atoms with E-state index in [2.05, 4.69) is 4.98 Å². The highest BCUT2D eigenvalue weighted by Gasteiger charge is 2.22. The summed E-state index contributed by atoms with van der Waals surface area (Å²) in [4.78, 5) is 3.60. The van der Waals surface area contributed by atoms with Gasteiger partial charge in [-0.1, -0.05) is 6.07 Å². The number of halogens is 3. The Morgan fingerprint density at radius 1 is 1.11 bits per heavy atom. The first kappa shape index (κ1) is 12.2. The van der Waals surface area contributed by atoms with Crippen molar-refractivity contribution in [3.05, 3.63) is 41.3 Å². The molecule has 0 bridgehead atoms. The average Bonchev–Trinajstić information content (AvgIpc) is 2.32. The van der Waals surface area contributed by atoms with Gasteiger partial charge in [-0.15, -0.1) is 0 Å². The molecule has 0 spiro atoms. The molecule has 94 valence electrons. The quantitative estimate of drug-likeness (QED) is 0.769. The number of hydrogen-bond acceptors (Lipinski definition) is 3. The fourth-order valence-electron chi connectivity index (χ4n) is 1.61. The van der Waals surface area contributed by atoms with Crippen molar-refractivity contribution in [1.29, 1.82) is 0 Å². The first-order valence-electron chi connectivity index (χ1n) is 5.02. The second kappa shape index (κ2) is 4.21. The van der Waals surface area contributed by atoms with Gasteiger partial charge >= 0.3 is 0 Å². The highest BCUT2D eigenvalue weighted by Crippen LogP contribution is 2.35. The van der Waals surface area contributed by atoms with Crippen LogP contribution in [0.2, 0.25) is 0 Å². The molecule has 0 amide bonds. The van der Waals surface area contributed by atoms with E-state index in [1.165, 1.54) is 25.1 Å². The third kappa shape index (κ3) is 1.75. The number of rotatable bonds is 1. The van der Waals surface area contributed by atoms with Gasteiger partial charge in [-0.3, -0.25) is 0 Å². The number of aryl methyl sites for hydroxylation is 1. The van der Waals surface area contributed by atoms with Crippen LogP contribution >= 0.6 is 0 Å². The van der Waals surface area contributed by atoms with Crippen LogP contribution in [0.3, 0.4) is 0 Å². The normalized spacial score (nSPS) is 10.7. The maximum atomic E-state index is 13.6. The number of hydrogen-bond donors (Lipinski definition) is 2. The number of benzene rings is 1. The van der Waals surface area contributed by atoms with Gasteiger partial charge in [0.15, 0.2) is 17.5 Å². The number of pyridine rings is 1. The first-order valence-corrected chi connectivity index (χ1v) is 5.02. The Bertz CT molecular complexity index is 609. The zero-order valence-corrected chi connectivity index (χ0v) is 9.34. The highest BCUT2D eigenvalue weighted by molar-refractivity contribution is 5.79. The van der Waals surface area contributed by atoms with Crippen LogP contribution in [0.1, 0.15) is 5.69 Å². The highest BCUT2D eigenvalue weighted by atomic mass is 19.2. The van der Waals surface area contributed by atoms with Gasteiger partial charge in [-0.2, -0.15) is 0 Å². The summed E-state index contributed by atoms with van der Waals surface area (Å²) in [7, 11) is 0. The molecule has 3 nitrogen and oxygen atoms in total. The lowest BCUT2D eigenvalue weighted by Gasteiger charge is -2.10. The van der Waals surface area contributed by atoms with Crippen LogP contribution in [-0.4, -0.2) is 10.1 Å². The van der Waals surface area contributed by atoms with Gasteiger partial charge in [0.2, 0.25) is 0 Å². The summed E-state index contributed by atoms with van der Waals surface area (Å²) < 4.78 is 40.0. The second-order valence-corrected chi connectivity index (χ2v) is 3.73. The molecule has 0 radical (unpaired) electrons. The lowest BCUT2D eigenvalue weighted by atomic mass is 10.1. The van der Waals surface area contributed by atoms with Crippen molar-refractivity contribution >= 4 is 5.69 Å². The molecular formula is C12H9F3N2O. The van der Waals surface area contributed by atoms with E-state index in [4.69, 9.17) is 5.73 Å². The molecule has 18 heavy (non-hydrogen) atoms. The van der Waals surface area contributed by atoms with E-state index in [0.29, 0.717) is 0 Å². The molecule has 0 saturated heterocycles. The Kier molecular flexibility index (Phi) is 2.86. The lowest BCUT2D eigenvalue weighted by molar-refractivity contribution is 0.437. The predicted molar refractivity (Wildman–Crippen MR) is 60.4 cm³/mol. The van der Waals surface area contributed by atoms with E-state index >= 15 is 0 Å². The molecule has 1 aromatic carbocycles. The molecule has 0 saturated carbocycles. The number of phenolic OH excluding ortho intramolecular Hbond substituents is 1. The van der Waals surface area contributed by atoms with Crippen molar-refractivity contribution in [3.63, 3.8) is 0 Å². The van der Waals surface area contributed by atoms with Gasteiger partial charge in [-0.25, -0.2) is 18.2 Å². The Balaban J connectivity index is 2.80. The van der Waals surface area contributed by atoms with Gasteiger partial charge < -0.3 is 10.8 Å². The molecule has 0 atom stereocenters. The van der Waals surface area contributed by atoms with E-state index in [9.17, 15) is 18.3 Å². The number of anilines is 1. The zero-order chi connectivity index (χ0) is 13.4. The molecule has 1 aromatic heterocycles. The monoisotopic (exact) mass is 254 g/mol. The predicted octanol–water partition coefficient (Wildman–Crippen LogP) is 2.76. The van der Waals surface area contributed by atoms with Crippen LogP contribution in [0, 0.1) is 24.4 Å². The number of nitrogens with two attached hydrogens (primary N) is 1. The number of phenols is 1. The van der Waals surface area contributed by atoms with Crippen LogP contribution in [-0.2, 0) is 0 Å². The second-order valence-electron chi connectivity index (χ2n) is 3.73. The van der Waals surface area contributed by atoms with Crippen LogP contribution in [0.25, 0.3) is 11.3 Å². The smallest absolute Gasteiger partial charge is 0.198 e. The van der Waals surface area contributed by atoms with E-state index in [0.717, 1.165) is 0 Å². The van der Waals surface area contributed by atoms with Gasteiger partial charge in [0.25, 0.3) is 0 Å². The largest absolute Gasteiger partial charge is 0.507 e. The summed E-state index contributed by atoms with van der Waals surface area (Å²) in [6.07, 6.45) is 0. The molecular weight excluding hydrogens is 245 g/mol. The molecule has 6 heteroatoms. The van der Waals surface area contributed by atoms with Crippen molar-refractivity contribution in [2.75, 3.05) is 5.73 Å². The van der Waals surface area contributed by atoms with Gasteiger partial charge in [0.05, 0.1) is 11.3 Å². The van der Waals surface area contributed by atoms with Crippen molar-refractivity contribution in [2.45, 2.75) is 6.92 Å². The molecule has 1 heterocycles. The summed E-state index contributed by atoms with van der Waals surface area (Å²) in [5.41, 5.74) is 4.62. The van der Waals surface area contributed by atoms with Crippen molar-refractivity contribution in [2.24, 2.45) is 0 Å². The molecule has 3 N–H and O–H groups in total. The van der Waals surface area contributed by atoms with Crippen LogP contribution in [0.4, 0.5) is 18.9 Å². The van der Waals surface area contributed by atoms with Crippen LogP contribution < -0.4 is 5.73 Å². The minimum absolute atomic E-state index is 0.0202. The lowest BCUT2D eigenvalue weighted by Crippen LogP contribution is -2.03. The number of nitrogens with zero attached hydrogens (tertiary/aromatic N) is 1.